The summed E-state index contributed by atoms with van der Waals surface area (Å²) in [5.74, 6) is 0. The van der Waals surface area contributed by atoms with E-state index in [2.05, 4.69) is 9.25 Å². The van der Waals surface area contributed by atoms with E-state index in [0.717, 1.165) is 10.5 Å². The summed E-state index contributed by atoms with van der Waals surface area (Å²) in [7, 11) is -3.45. The molecule has 0 radical (unpaired) electrons. The van der Waals surface area contributed by atoms with Crippen molar-refractivity contribution < 1.29 is 18.4 Å². The van der Waals surface area contributed by atoms with Crippen LogP contribution in [0.4, 0.5) is 5.69 Å². The molecule has 0 N–H and O–H groups in total. The fraction of sp³-hybridized carbons (Fsp3) is 0. The van der Waals surface area contributed by atoms with Crippen molar-refractivity contribution in [2.45, 2.75) is 0 Å². The van der Waals surface area contributed by atoms with Gasteiger partial charge in [0.1, 0.15) is 5.69 Å². The van der Waals surface area contributed by atoms with E-state index in [9.17, 15) is 4.57 Å². The van der Waals surface area contributed by atoms with Gasteiger partial charge < -0.3 is 0 Å². The number of hydrogen-bond donors (Lipinski definition) is 0. The van der Waals surface area contributed by atoms with Crippen molar-refractivity contribution in [3.05, 3.63) is 27.2 Å². The Kier molecular flexibility index (Phi) is 2.41. The third kappa shape index (κ3) is 1.54. The highest BCUT2D eigenvalue weighted by Gasteiger charge is 2.60. The maximum absolute atomic E-state index is 11.3. The van der Waals surface area contributed by atoms with Crippen LogP contribution < -0.4 is 5.17 Å². The maximum Gasteiger partial charge on any atom is 0.538 e. The minimum absolute atomic E-state index is 0.252. The summed E-state index contributed by atoms with van der Waals surface area (Å²) in [6.07, 6.45) is 0. The van der Waals surface area contributed by atoms with Crippen LogP contribution in [0.1, 0.15) is 0 Å². The molecule has 2 bridgehead atoms. The molecule has 4 rings (SSSR count). The predicted molar refractivity (Wildman–Crippen MR) is 56.7 cm³/mol. The zero-order valence-electron chi connectivity index (χ0n) is 7.26. The third-order valence-electron chi connectivity index (χ3n) is 1.86. The summed E-state index contributed by atoms with van der Waals surface area (Å²) in [4.78, 5) is 0. The topological polar surface area (TPSA) is 51.2 Å². The molecule has 3 heterocycles. The van der Waals surface area contributed by atoms with Crippen LogP contribution in [-0.2, 0) is 18.4 Å². The molecule has 3 aliphatic rings. The van der Waals surface area contributed by atoms with E-state index in [1.807, 2.05) is 0 Å². The smallest absolute Gasteiger partial charge is 0.222 e. The number of rotatable bonds is 1. The van der Waals surface area contributed by atoms with Crippen molar-refractivity contribution in [1.82, 2.24) is 5.34 Å². The van der Waals surface area contributed by atoms with Gasteiger partial charge in [-0.15, -0.1) is 19.0 Å². The molecule has 0 spiro atoms. The van der Waals surface area contributed by atoms with Gasteiger partial charge >= 0.3 is 7.82 Å². The van der Waals surface area contributed by atoms with E-state index in [1.54, 1.807) is 0 Å². The number of hydrazine groups is 1. The molecule has 3 saturated heterocycles. The Bertz CT molecular complexity index is 517. The predicted octanol–water partition coefficient (Wildman–Crippen LogP) is 3.60. The summed E-state index contributed by atoms with van der Waals surface area (Å²) >= 11 is 17.5. The normalized spacial score (nSPS) is 31.7. The number of fused-ring (bicyclic) bond motifs is 1. The first kappa shape index (κ1) is 11.1. The molecule has 3 aliphatic heterocycles. The van der Waals surface area contributed by atoms with Crippen LogP contribution in [0.3, 0.4) is 0 Å². The Morgan fingerprint density at radius 2 is 1.62 bits per heavy atom. The highest BCUT2D eigenvalue weighted by molar-refractivity contribution is 7.49. The first-order valence-electron chi connectivity index (χ1n) is 3.92. The van der Waals surface area contributed by atoms with Crippen molar-refractivity contribution in [2.75, 3.05) is 5.17 Å². The van der Waals surface area contributed by atoms with E-state index in [-0.39, 0.29) is 10.0 Å². The molecule has 6 nitrogen and oxygen atoms in total. The third-order valence-corrected chi connectivity index (χ3v) is 3.92. The average molecular weight is 303 g/mol. The first-order chi connectivity index (χ1) is 7.48. The second kappa shape index (κ2) is 3.48. The summed E-state index contributed by atoms with van der Waals surface area (Å²) < 4.78 is 25.5. The van der Waals surface area contributed by atoms with Crippen LogP contribution in [0.25, 0.3) is 0 Å². The van der Waals surface area contributed by atoms with Crippen LogP contribution in [0.5, 0.6) is 0 Å². The molecule has 1 aromatic rings. The van der Waals surface area contributed by atoms with Crippen molar-refractivity contribution in [1.29, 1.82) is 0 Å². The number of nitrogens with zero attached hydrogens (tertiary/aromatic N) is 2. The number of halogens is 3. The second-order valence-corrected chi connectivity index (χ2v) is 5.53. The second-order valence-electron chi connectivity index (χ2n) is 2.92. The van der Waals surface area contributed by atoms with Crippen LogP contribution in [-0.4, -0.2) is 5.34 Å². The largest absolute Gasteiger partial charge is 0.538 e. The van der Waals surface area contributed by atoms with Gasteiger partial charge in [-0.05, 0) is 12.1 Å². The van der Waals surface area contributed by atoms with Crippen LogP contribution in [0.2, 0.25) is 15.1 Å². The summed E-state index contributed by atoms with van der Waals surface area (Å²) in [5.41, 5.74) is 0.311. The minimum Gasteiger partial charge on any atom is -0.222 e. The zero-order valence-corrected chi connectivity index (χ0v) is 10.4. The maximum atomic E-state index is 11.3. The van der Waals surface area contributed by atoms with Crippen molar-refractivity contribution in [3.8, 4) is 0 Å². The average Bonchev–Trinajstić information content (AvgIpc) is 2.64. The Labute approximate surface area is 105 Å². The van der Waals surface area contributed by atoms with Gasteiger partial charge in [-0.25, -0.2) is 4.57 Å². The van der Waals surface area contributed by atoms with Crippen LogP contribution in [0, 0.1) is 0 Å². The SMILES string of the molecule is O=P12ON(O1)N(c1cc(Cl)c(Cl)cc1Cl)O2. The molecule has 1 aromatic carbocycles. The molecule has 0 aliphatic carbocycles. The van der Waals surface area contributed by atoms with Gasteiger partial charge in [0.05, 0.1) is 20.4 Å². The fourth-order valence-electron chi connectivity index (χ4n) is 1.19. The molecule has 0 atom stereocenters. The monoisotopic (exact) mass is 302 g/mol. The van der Waals surface area contributed by atoms with Gasteiger partial charge in [-0.2, -0.15) is 0 Å². The van der Waals surface area contributed by atoms with E-state index in [1.165, 1.54) is 12.1 Å². The van der Waals surface area contributed by atoms with Crippen LogP contribution in [0.15, 0.2) is 12.1 Å². The van der Waals surface area contributed by atoms with Gasteiger partial charge in [-0.3, -0.25) is 0 Å². The van der Waals surface area contributed by atoms with Gasteiger partial charge in [0.15, 0.2) is 0 Å². The lowest BCUT2D eigenvalue weighted by Crippen LogP contribution is -2.34. The molecule has 10 heteroatoms. The first-order valence-corrected chi connectivity index (χ1v) is 6.52. The number of phosphoric acid groups is 1. The standard InChI is InChI=1S/C6H2Cl3N2O4P/c7-3-1-5(9)6(2-4(3)8)10-11-14-16(12,13-10)15-11/h1-2H. The molecule has 16 heavy (non-hydrogen) atoms. The molecule has 3 fully saturated rings. The van der Waals surface area contributed by atoms with E-state index >= 15 is 0 Å². The number of hydrogen-bond acceptors (Lipinski definition) is 6. The minimum atomic E-state index is -3.45. The van der Waals surface area contributed by atoms with Gasteiger partial charge in [0, 0.05) is 0 Å². The lowest BCUT2D eigenvalue weighted by Gasteiger charge is -2.22. The van der Waals surface area contributed by atoms with Gasteiger partial charge in [0.25, 0.3) is 0 Å². The number of benzene rings is 1. The fourth-order valence-corrected chi connectivity index (χ4v) is 2.69. The summed E-state index contributed by atoms with van der Waals surface area (Å²) in [6.45, 7) is 0. The Hall–Kier alpha value is -0.0400. The van der Waals surface area contributed by atoms with Crippen molar-refractivity contribution in [2.24, 2.45) is 0 Å². The lowest BCUT2D eigenvalue weighted by atomic mass is 10.3. The Balaban J connectivity index is 2.02. The van der Waals surface area contributed by atoms with E-state index in [0.29, 0.717) is 10.7 Å². The zero-order chi connectivity index (χ0) is 11.5. The Morgan fingerprint density at radius 3 is 2.19 bits per heavy atom. The molecule has 0 amide bonds. The molecular formula is C6H2Cl3N2O4P. The molecule has 0 saturated carbocycles. The van der Waals surface area contributed by atoms with Gasteiger partial charge in [-0.1, -0.05) is 34.8 Å². The van der Waals surface area contributed by atoms with Crippen LogP contribution >= 0.6 is 42.6 Å². The Morgan fingerprint density at radius 1 is 1.00 bits per heavy atom. The van der Waals surface area contributed by atoms with Crippen molar-refractivity contribution in [3.63, 3.8) is 0 Å². The summed E-state index contributed by atoms with van der Waals surface area (Å²) in [6, 6.07) is 2.86. The highest BCUT2D eigenvalue weighted by Crippen LogP contribution is 2.67. The summed E-state index contributed by atoms with van der Waals surface area (Å²) in [5, 5.41) is 2.61. The van der Waals surface area contributed by atoms with E-state index < -0.39 is 7.82 Å². The molecule has 0 aromatic heterocycles. The molecular weight excluding hydrogens is 301 g/mol. The highest BCUT2D eigenvalue weighted by atomic mass is 35.5. The lowest BCUT2D eigenvalue weighted by molar-refractivity contribution is -0.318. The molecule has 0 unspecified atom stereocenters. The molecule has 86 valence electrons. The van der Waals surface area contributed by atoms with Gasteiger partial charge in [0.2, 0.25) is 0 Å². The van der Waals surface area contributed by atoms with E-state index in [4.69, 9.17) is 39.4 Å². The quantitative estimate of drug-likeness (QED) is 0.583. The van der Waals surface area contributed by atoms with Crippen molar-refractivity contribution >= 4 is 48.3 Å². The number of anilines is 1.